The Bertz CT molecular complexity index is 398. The maximum atomic E-state index is 11.3. The van der Waals surface area contributed by atoms with Gasteiger partial charge in [-0.25, -0.2) is 14.8 Å². The van der Waals surface area contributed by atoms with Gasteiger partial charge in [0.05, 0.1) is 5.69 Å². The molecule has 2 amide bonds. The van der Waals surface area contributed by atoms with Crippen molar-refractivity contribution in [2.24, 2.45) is 5.73 Å². The van der Waals surface area contributed by atoms with Crippen LogP contribution in [0.4, 0.5) is 10.5 Å². The van der Waals surface area contributed by atoms with Crippen LogP contribution in [0.3, 0.4) is 0 Å². The standard InChI is InChI=1S/C10H13BrClN3O/c1-14(2)15(10(13)16)9-4-3-8(11)5-7(9)6-12/h3-5H,6H2,1-2H3,(H2,13,16). The van der Waals surface area contributed by atoms with Gasteiger partial charge >= 0.3 is 6.03 Å². The number of nitrogens with zero attached hydrogens (tertiary/aromatic N) is 2. The van der Waals surface area contributed by atoms with Gasteiger partial charge in [0.25, 0.3) is 0 Å². The second kappa shape index (κ2) is 5.52. The number of hydrogen-bond donors (Lipinski definition) is 1. The third-order valence-electron chi connectivity index (χ3n) is 2.02. The molecule has 1 aromatic rings. The fourth-order valence-corrected chi connectivity index (χ4v) is 2.02. The number of hydrogen-bond acceptors (Lipinski definition) is 2. The summed E-state index contributed by atoms with van der Waals surface area (Å²) in [5.74, 6) is 0.312. The molecule has 0 bridgehead atoms. The topological polar surface area (TPSA) is 49.6 Å². The molecule has 0 heterocycles. The number of rotatable bonds is 3. The lowest BCUT2D eigenvalue weighted by atomic mass is 10.2. The molecule has 88 valence electrons. The van der Waals surface area contributed by atoms with E-state index < -0.39 is 6.03 Å². The molecule has 0 aliphatic heterocycles. The van der Waals surface area contributed by atoms with Crippen molar-refractivity contribution in [3.8, 4) is 0 Å². The lowest BCUT2D eigenvalue weighted by molar-refractivity contribution is 0.239. The van der Waals surface area contributed by atoms with Crippen LogP contribution in [0, 0.1) is 0 Å². The maximum absolute atomic E-state index is 11.3. The van der Waals surface area contributed by atoms with Gasteiger partial charge in [0, 0.05) is 24.4 Å². The third-order valence-corrected chi connectivity index (χ3v) is 2.80. The van der Waals surface area contributed by atoms with Crippen LogP contribution in [0.25, 0.3) is 0 Å². The van der Waals surface area contributed by atoms with E-state index in [0.717, 1.165) is 10.0 Å². The summed E-state index contributed by atoms with van der Waals surface area (Å²) >= 11 is 9.19. The Kier molecular flexibility index (Phi) is 4.58. The normalized spacial score (nSPS) is 10.6. The minimum atomic E-state index is -0.543. The molecule has 0 aromatic heterocycles. The highest BCUT2D eigenvalue weighted by Crippen LogP contribution is 2.26. The molecule has 4 nitrogen and oxygen atoms in total. The van der Waals surface area contributed by atoms with Gasteiger partial charge in [-0.3, -0.25) is 0 Å². The molecule has 0 saturated carbocycles. The van der Waals surface area contributed by atoms with Crippen molar-refractivity contribution >= 4 is 39.2 Å². The number of benzene rings is 1. The van der Waals surface area contributed by atoms with Crippen LogP contribution in [0.5, 0.6) is 0 Å². The molecule has 0 spiro atoms. The monoisotopic (exact) mass is 305 g/mol. The molecular weight excluding hydrogens is 293 g/mol. The van der Waals surface area contributed by atoms with E-state index >= 15 is 0 Å². The van der Waals surface area contributed by atoms with E-state index in [1.165, 1.54) is 5.01 Å². The van der Waals surface area contributed by atoms with E-state index in [-0.39, 0.29) is 0 Å². The average Bonchev–Trinajstić information content (AvgIpc) is 2.19. The molecule has 1 aromatic carbocycles. The number of halogens is 2. The van der Waals surface area contributed by atoms with Crippen LogP contribution in [-0.2, 0) is 5.88 Å². The van der Waals surface area contributed by atoms with Gasteiger partial charge in [0.2, 0.25) is 0 Å². The summed E-state index contributed by atoms with van der Waals surface area (Å²) < 4.78 is 0.912. The fraction of sp³-hybridized carbons (Fsp3) is 0.300. The van der Waals surface area contributed by atoms with E-state index in [2.05, 4.69) is 15.9 Å². The first-order chi connectivity index (χ1) is 7.47. The molecule has 16 heavy (non-hydrogen) atoms. The second-order valence-corrected chi connectivity index (χ2v) is 4.59. The third kappa shape index (κ3) is 2.87. The predicted molar refractivity (Wildman–Crippen MR) is 69.4 cm³/mol. The zero-order valence-electron chi connectivity index (χ0n) is 9.08. The summed E-state index contributed by atoms with van der Waals surface area (Å²) in [6.07, 6.45) is 0. The van der Waals surface area contributed by atoms with Crippen LogP contribution < -0.4 is 10.7 Å². The molecule has 0 radical (unpaired) electrons. The van der Waals surface area contributed by atoms with E-state index in [1.807, 2.05) is 12.1 Å². The fourth-order valence-electron chi connectivity index (χ4n) is 1.40. The number of carbonyl (C=O) groups excluding carboxylic acids is 1. The van der Waals surface area contributed by atoms with Gasteiger partial charge in [-0.05, 0) is 23.8 Å². The highest BCUT2D eigenvalue weighted by atomic mass is 79.9. The average molecular weight is 307 g/mol. The SMILES string of the molecule is CN(C)N(C(N)=O)c1ccc(Br)cc1CCl. The lowest BCUT2D eigenvalue weighted by Crippen LogP contribution is -2.45. The predicted octanol–water partition coefficient (Wildman–Crippen LogP) is 2.55. The van der Waals surface area contributed by atoms with E-state index in [9.17, 15) is 4.79 Å². The molecule has 0 fully saturated rings. The summed E-state index contributed by atoms with van der Waals surface area (Å²) in [5, 5.41) is 2.98. The summed E-state index contributed by atoms with van der Waals surface area (Å²) in [6, 6.07) is 4.96. The number of hydrazine groups is 1. The quantitative estimate of drug-likeness (QED) is 0.689. The van der Waals surface area contributed by atoms with Gasteiger partial charge in [0.15, 0.2) is 0 Å². The number of alkyl halides is 1. The number of nitrogens with two attached hydrogens (primary N) is 1. The summed E-state index contributed by atoms with van der Waals surface area (Å²) in [7, 11) is 3.48. The van der Waals surface area contributed by atoms with Crippen molar-refractivity contribution in [2.75, 3.05) is 19.1 Å². The number of anilines is 1. The van der Waals surface area contributed by atoms with Crippen molar-refractivity contribution in [1.82, 2.24) is 5.01 Å². The Balaban J connectivity index is 3.23. The van der Waals surface area contributed by atoms with Crippen molar-refractivity contribution in [1.29, 1.82) is 0 Å². The van der Waals surface area contributed by atoms with Crippen molar-refractivity contribution in [2.45, 2.75) is 5.88 Å². The second-order valence-electron chi connectivity index (χ2n) is 3.40. The van der Waals surface area contributed by atoms with Gasteiger partial charge in [0.1, 0.15) is 0 Å². The minimum absolute atomic E-state index is 0.312. The van der Waals surface area contributed by atoms with Crippen molar-refractivity contribution in [3.63, 3.8) is 0 Å². The summed E-state index contributed by atoms with van der Waals surface area (Å²) in [6.45, 7) is 0. The van der Waals surface area contributed by atoms with Crippen LogP contribution in [-0.4, -0.2) is 25.1 Å². The first kappa shape index (κ1) is 13.3. The first-order valence-electron chi connectivity index (χ1n) is 4.58. The zero-order valence-corrected chi connectivity index (χ0v) is 11.4. The van der Waals surface area contributed by atoms with Crippen LogP contribution in [0.2, 0.25) is 0 Å². The molecule has 0 aliphatic carbocycles. The highest BCUT2D eigenvalue weighted by molar-refractivity contribution is 9.10. The minimum Gasteiger partial charge on any atom is -0.350 e. The van der Waals surface area contributed by atoms with E-state index in [1.54, 1.807) is 25.2 Å². The molecule has 2 N–H and O–H groups in total. The summed E-state index contributed by atoms with van der Waals surface area (Å²) in [4.78, 5) is 11.3. The molecule has 0 saturated heterocycles. The van der Waals surface area contributed by atoms with Crippen molar-refractivity contribution < 1.29 is 4.79 Å². The maximum Gasteiger partial charge on any atom is 0.334 e. The Morgan fingerprint density at radius 2 is 2.12 bits per heavy atom. The smallest absolute Gasteiger partial charge is 0.334 e. The largest absolute Gasteiger partial charge is 0.350 e. The molecule has 0 atom stereocenters. The number of carbonyl (C=O) groups is 1. The number of urea groups is 1. The van der Waals surface area contributed by atoms with Crippen LogP contribution in [0.1, 0.15) is 5.56 Å². The number of primary amides is 1. The molecule has 0 unspecified atom stereocenters. The molecular formula is C10H13BrClN3O. The first-order valence-corrected chi connectivity index (χ1v) is 5.91. The Labute approximate surface area is 108 Å². The Hall–Kier alpha value is -0.780. The Morgan fingerprint density at radius 3 is 2.56 bits per heavy atom. The Morgan fingerprint density at radius 1 is 1.50 bits per heavy atom. The van der Waals surface area contributed by atoms with E-state index in [4.69, 9.17) is 17.3 Å². The van der Waals surface area contributed by atoms with Crippen LogP contribution in [0.15, 0.2) is 22.7 Å². The van der Waals surface area contributed by atoms with Gasteiger partial charge in [-0.2, -0.15) is 0 Å². The zero-order chi connectivity index (χ0) is 12.3. The van der Waals surface area contributed by atoms with Gasteiger partial charge in [-0.1, -0.05) is 15.9 Å². The van der Waals surface area contributed by atoms with E-state index in [0.29, 0.717) is 11.6 Å². The molecule has 1 rings (SSSR count). The number of amides is 2. The molecule has 0 aliphatic rings. The van der Waals surface area contributed by atoms with Crippen LogP contribution >= 0.6 is 27.5 Å². The molecule has 6 heteroatoms. The van der Waals surface area contributed by atoms with Crippen molar-refractivity contribution in [3.05, 3.63) is 28.2 Å². The van der Waals surface area contributed by atoms with Gasteiger partial charge < -0.3 is 5.73 Å². The summed E-state index contributed by atoms with van der Waals surface area (Å²) in [5.41, 5.74) is 6.85. The lowest BCUT2D eigenvalue weighted by Gasteiger charge is -2.28. The van der Waals surface area contributed by atoms with Gasteiger partial charge in [-0.15, -0.1) is 11.6 Å². The highest BCUT2D eigenvalue weighted by Gasteiger charge is 2.18.